The molecule has 0 amide bonds. The Morgan fingerprint density at radius 2 is 1.96 bits per heavy atom. The smallest absolute Gasteiger partial charge is 0.348 e. The zero-order valence-electron chi connectivity index (χ0n) is 14.6. The number of methoxy groups -OCH3 is 1. The van der Waals surface area contributed by atoms with Gasteiger partial charge >= 0.3 is 5.97 Å². The third kappa shape index (κ3) is 3.74. The van der Waals surface area contributed by atoms with Gasteiger partial charge in [0.2, 0.25) is 5.88 Å². The summed E-state index contributed by atoms with van der Waals surface area (Å²) in [6.07, 6.45) is 1.61. The van der Waals surface area contributed by atoms with Crippen LogP contribution in [0.25, 0.3) is 5.69 Å². The molecule has 0 saturated carbocycles. The molecule has 0 N–H and O–H groups in total. The zero-order valence-corrected chi connectivity index (χ0v) is 14.6. The zero-order chi connectivity index (χ0) is 18.5. The molecule has 6 heteroatoms. The summed E-state index contributed by atoms with van der Waals surface area (Å²) in [5.41, 5.74) is 1.55. The highest BCUT2D eigenvalue weighted by molar-refractivity contribution is 5.93. The van der Waals surface area contributed by atoms with Crippen LogP contribution in [0.15, 0.2) is 54.6 Å². The van der Waals surface area contributed by atoms with Gasteiger partial charge in [0, 0.05) is 6.07 Å². The van der Waals surface area contributed by atoms with Gasteiger partial charge in [-0.05, 0) is 36.8 Å². The molecular weight excluding hydrogens is 335 g/mol. The van der Waals surface area contributed by atoms with E-state index in [0.717, 1.165) is 18.5 Å². The van der Waals surface area contributed by atoms with Crippen molar-refractivity contribution in [3.05, 3.63) is 71.7 Å². The van der Waals surface area contributed by atoms with E-state index in [0.29, 0.717) is 17.0 Å². The van der Waals surface area contributed by atoms with Gasteiger partial charge in [-0.1, -0.05) is 31.5 Å². The second kappa shape index (κ2) is 7.82. The lowest BCUT2D eigenvalue weighted by Gasteiger charge is -2.10. The molecule has 1 heterocycles. The van der Waals surface area contributed by atoms with Crippen LogP contribution in [0.2, 0.25) is 0 Å². The lowest BCUT2D eigenvalue weighted by molar-refractivity contribution is 0.0719. The number of benzene rings is 2. The number of carbonyl (C=O) groups is 1. The predicted octanol–water partition coefficient (Wildman–Crippen LogP) is 4.19. The second-order valence-electron chi connectivity index (χ2n) is 5.71. The molecule has 0 saturated heterocycles. The van der Waals surface area contributed by atoms with E-state index in [2.05, 4.69) is 5.10 Å². The first-order chi connectivity index (χ1) is 12.6. The number of para-hydroxylation sites is 1. The molecule has 0 atom stereocenters. The van der Waals surface area contributed by atoms with Crippen LogP contribution in [0.3, 0.4) is 0 Å². The summed E-state index contributed by atoms with van der Waals surface area (Å²) in [4.78, 5) is 12.6. The number of aromatic nitrogens is 2. The summed E-state index contributed by atoms with van der Waals surface area (Å²) in [6, 6.07) is 14.5. The highest BCUT2D eigenvalue weighted by Crippen LogP contribution is 2.24. The number of hydrogen-bond donors (Lipinski definition) is 0. The molecule has 0 unspecified atom stereocenters. The first-order valence-corrected chi connectivity index (χ1v) is 8.32. The molecule has 134 valence electrons. The fourth-order valence-corrected chi connectivity index (χ4v) is 2.62. The van der Waals surface area contributed by atoms with Crippen LogP contribution in [0.4, 0.5) is 4.39 Å². The van der Waals surface area contributed by atoms with Crippen molar-refractivity contribution in [2.24, 2.45) is 0 Å². The van der Waals surface area contributed by atoms with Gasteiger partial charge in [0.05, 0.1) is 18.5 Å². The molecule has 26 heavy (non-hydrogen) atoms. The van der Waals surface area contributed by atoms with Crippen molar-refractivity contribution in [2.75, 3.05) is 7.11 Å². The standard InChI is InChI=1S/C20H19FN2O3/c1-3-7-15-13-19(23(22-15)16-9-6-8-14(21)12-16)26-20(24)17-10-4-5-11-18(17)25-2/h4-6,8-13H,3,7H2,1-2H3. The molecule has 2 aromatic carbocycles. The average Bonchev–Trinajstić information content (AvgIpc) is 3.04. The van der Waals surface area contributed by atoms with Crippen LogP contribution in [0, 0.1) is 5.82 Å². The molecule has 3 aromatic rings. The number of aryl methyl sites for hydroxylation is 1. The molecular formula is C20H19FN2O3. The van der Waals surface area contributed by atoms with E-state index in [-0.39, 0.29) is 5.88 Å². The minimum atomic E-state index is -0.567. The second-order valence-corrected chi connectivity index (χ2v) is 5.71. The minimum Gasteiger partial charge on any atom is -0.496 e. The van der Waals surface area contributed by atoms with Gasteiger partial charge < -0.3 is 9.47 Å². The summed E-state index contributed by atoms with van der Waals surface area (Å²) in [7, 11) is 1.49. The minimum absolute atomic E-state index is 0.231. The van der Waals surface area contributed by atoms with Crippen LogP contribution >= 0.6 is 0 Å². The Kier molecular flexibility index (Phi) is 5.31. The molecule has 0 aliphatic heterocycles. The van der Waals surface area contributed by atoms with Crippen LogP contribution in [-0.2, 0) is 6.42 Å². The first-order valence-electron chi connectivity index (χ1n) is 8.32. The number of nitrogens with zero attached hydrogens (tertiary/aromatic N) is 2. The lowest BCUT2D eigenvalue weighted by atomic mass is 10.2. The first kappa shape index (κ1) is 17.7. The number of halogens is 1. The van der Waals surface area contributed by atoms with Crippen molar-refractivity contribution in [1.29, 1.82) is 0 Å². The maximum Gasteiger partial charge on any atom is 0.348 e. The Hall–Kier alpha value is -3.15. The Labute approximate surface area is 151 Å². The Bertz CT molecular complexity index is 921. The van der Waals surface area contributed by atoms with Gasteiger partial charge in [0.25, 0.3) is 0 Å². The summed E-state index contributed by atoms with van der Waals surface area (Å²) < 4.78 is 25.8. The van der Waals surface area contributed by atoms with Crippen molar-refractivity contribution in [2.45, 2.75) is 19.8 Å². The molecule has 0 aliphatic rings. The predicted molar refractivity (Wildman–Crippen MR) is 95.5 cm³/mol. The molecule has 0 radical (unpaired) electrons. The van der Waals surface area contributed by atoms with E-state index in [9.17, 15) is 9.18 Å². The summed E-state index contributed by atoms with van der Waals surface area (Å²) in [5.74, 6) is -0.307. The van der Waals surface area contributed by atoms with Crippen LogP contribution in [-0.4, -0.2) is 22.9 Å². The SMILES string of the molecule is CCCc1cc(OC(=O)c2ccccc2OC)n(-c2cccc(F)c2)n1. The van der Waals surface area contributed by atoms with Crippen LogP contribution in [0.5, 0.6) is 11.6 Å². The van der Waals surface area contributed by atoms with E-state index >= 15 is 0 Å². The average molecular weight is 354 g/mol. The fourth-order valence-electron chi connectivity index (χ4n) is 2.62. The fraction of sp³-hybridized carbons (Fsp3) is 0.200. The number of hydrogen-bond acceptors (Lipinski definition) is 4. The molecule has 0 fully saturated rings. The number of ether oxygens (including phenoxy) is 2. The van der Waals surface area contributed by atoms with Crippen LogP contribution < -0.4 is 9.47 Å². The van der Waals surface area contributed by atoms with E-state index in [1.165, 1.54) is 23.9 Å². The van der Waals surface area contributed by atoms with Gasteiger partial charge in [-0.15, -0.1) is 0 Å². The van der Waals surface area contributed by atoms with E-state index < -0.39 is 11.8 Å². The molecule has 1 aromatic heterocycles. The lowest BCUT2D eigenvalue weighted by Crippen LogP contribution is -2.13. The van der Waals surface area contributed by atoms with E-state index in [1.807, 2.05) is 6.92 Å². The normalized spacial score (nSPS) is 10.6. The Morgan fingerprint density at radius 3 is 2.69 bits per heavy atom. The Balaban J connectivity index is 1.97. The summed E-state index contributed by atoms with van der Waals surface area (Å²) in [6.45, 7) is 2.03. The van der Waals surface area contributed by atoms with Crippen molar-refractivity contribution in [1.82, 2.24) is 9.78 Å². The third-order valence-electron chi connectivity index (χ3n) is 3.81. The van der Waals surface area contributed by atoms with Gasteiger partial charge in [-0.3, -0.25) is 0 Å². The maximum atomic E-state index is 13.6. The van der Waals surface area contributed by atoms with Crippen LogP contribution in [0.1, 0.15) is 29.4 Å². The van der Waals surface area contributed by atoms with Crippen molar-refractivity contribution in [3.63, 3.8) is 0 Å². The summed E-state index contributed by atoms with van der Waals surface area (Å²) >= 11 is 0. The van der Waals surface area contributed by atoms with Gasteiger partial charge in [0.15, 0.2) is 0 Å². The van der Waals surface area contributed by atoms with E-state index in [4.69, 9.17) is 9.47 Å². The largest absolute Gasteiger partial charge is 0.496 e. The van der Waals surface area contributed by atoms with E-state index in [1.54, 1.807) is 42.5 Å². The number of carbonyl (C=O) groups excluding carboxylic acids is 1. The van der Waals surface area contributed by atoms with Crippen molar-refractivity contribution in [3.8, 4) is 17.3 Å². The number of rotatable bonds is 6. The van der Waals surface area contributed by atoms with Gasteiger partial charge in [-0.25, -0.2) is 13.9 Å². The molecule has 0 spiro atoms. The van der Waals surface area contributed by atoms with Crippen molar-refractivity contribution < 1.29 is 18.7 Å². The Morgan fingerprint density at radius 1 is 1.15 bits per heavy atom. The third-order valence-corrected chi connectivity index (χ3v) is 3.81. The molecule has 0 aliphatic carbocycles. The number of esters is 1. The van der Waals surface area contributed by atoms with Gasteiger partial charge in [-0.2, -0.15) is 5.10 Å². The molecule has 5 nitrogen and oxygen atoms in total. The maximum absolute atomic E-state index is 13.6. The summed E-state index contributed by atoms with van der Waals surface area (Å²) in [5, 5.41) is 4.44. The monoisotopic (exact) mass is 354 g/mol. The topological polar surface area (TPSA) is 53.4 Å². The quantitative estimate of drug-likeness (QED) is 0.623. The van der Waals surface area contributed by atoms with Crippen molar-refractivity contribution >= 4 is 5.97 Å². The molecule has 3 rings (SSSR count). The van der Waals surface area contributed by atoms with Gasteiger partial charge in [0.1, 0.15) is 17.1 Å². The highest BCUT2D eigenvalue weighted by Gasteiger charge is 2.18. The highest BCUT2D eigenvalue weighted by atomic mass is 19.1. The molecule has 0 bridgehead atoms.